The Balaban J connectivity index is 1.44. The minimum atomic E-state index is -4.65. The van der Waals surface area contributed by atoms with Crippen LogP contribution in [0.2, 0.25) is 0 Å². The van der Waals surface area contributed by atoms with Crippen LogP contribution in [-0.2, 0) is 12.4 Å². The fraction of sp³-hybridized carbons (Fsp3) is 0.280. The van der Waals surface area contributed by atoms with E-state index >= 15 is 0 Å². The van der Waals surface area contributed by atoms with E-state index in [1.54, 1.807) is 7.05 Å². The third-order valence-corrected chi connectivity index (χ3v) is 6.49. The summed E-state index contributed by atoms with van der Waals surface area (Å²) in [4.78, 5) is 22.5. The summed E-state index contributed by atoms with van der Waals surface area (Å²) in [7, 11) is 1.75. The van der Waals surface area contributed by atoms with Crippen molar-refractivity contribution < 1.29 is 31.1 Å². The van der Waals surface area contributed by atoms with Crippen molar-refractivity contribution in [2.45, 2.75) is 24.3 Å². The maximum absolute atomic E-state index is 13.7. The molecular formula is C25H20F6N6O. The van der Waals surface area contributed by atoms with E-state index in [2.05, 4.69) is 25.5 Å². The topological polar surface area (TPSA) is 86.8 Å². The number of halogens is 6. The molecule has 1 aliphatic heterocycles. The summed E-state index contributed by atoms with van der Waals surface area (Å²) in [5.41, 5.74) is -1.14. The van der Waals surface area contributed by atoms with Gasteiger partial charge in [-0.2, -0.15) is 31.4 Å². The molecule has 0 saturated carbocycles. The number of amides is 1. The second-order valence-electron chi connectivity index (χ2n) is 9.11. The Kier molecular flexibility index (Phi) is 6.33. The number of nitrogens with zero attached hydrogens (tertiary/aromatic N) is 4. The van der Waals surface area contributed by atoms with Gasteiger partial charge in [0.2, 0.25) is 0 Å². The van der Waals surface area contributed by atoms with E-state index in [0.29, 0.717) is 18.5 Å². The first kappa shape index (κ1) is 25.6. The zero-order valence-corrected chi connectivity index (χ0v) is 19.7. The van der Waals surface area contributed by atoms with Crippen LogP contribution < -0.4 is 5.32 Å². The Labute approximate surface area is 211 Å². The van der Waals surface area contributed by atoms with Crippen LogP contribution in [0.3, 0.4) is 0 Å². The van der Waals surface area contributed by atoms with Crippen LogP contribution >= 0.6 is 0 Å². The molecule has 1 aliphatic rings. The number of rotatable bonds is 4. The highest BCUT2D eigenvalue weighted by Gasteiger charge is 2.40. The van der Waals surface area contributed by atoms with Crippen LogP contribution in [0.25, 0.3) is 22.3 Å². The van der Waals surface area contributed by atoms with Crippen LogP contribution in [0.15, 0.2) is 54.9 Å². The second kappa shape index (κ2) is 9.39. The number of aromatic amines is 1. The number of pyridine rings is 2. The minimum Gasteiger partial charge on any atom is -0.347 e. The van der Waals surface area contributed by atoms with E-state index in [1.165, 1.54) is 36.5 Å². The van der Waals surface area contributed by atoms with Gasteiger partial charge in [0.1, 0.15) is 11.4 Å². The number of carbonyl (C=O) groups is 1. The minimum absolute atomic E-state index is 0.0858. The van der Waals surface area contributed by atoms with Crippen LogP contribution in [0.5, 0.6) is 0 Å². The fourth-order valence-corrected chi connectivity index (χ4v) is 4.77. The van der Waals surface area contributed by atoms with Crippen LogP contribution in [-0.4, -0.2) is 57.2 Å². The first-order chi connectivity index (χ1) is 17.9. The lowest BCUT2D eigenvalue weighted by atomic mass is 9.90. The smallest absolute Gasteiger partial charge is 0.347 e. The molecule has 1 saturated heterocycles. The van der Waals surface area contributed by atoms with Crippen molar-refractivity contribution >= 4 is 16.9 Å². The molecule has 0 unspecified atom stereocenters. The number of aromatic nitrogens is 4. The molecule has 4 heterocycles. The Morgan fingerprint density at radius 2 is 1.79 bits per heavy atom. The number of nitrogens with one attached hydrogen (secondary N) is 2. The molecule has 2 N–H and O–H groups in total. The van der Waals surface area contributed by atoms with Crippen molar-refractivity contribution in [3.63, 3.8) is 0 Å². The number of alkyl halides is 6. The number of likely N-dealkylation sites (tertiary alicyclic amines) is 1. The van der Waals surface area contributed by atoms with E-state index in [-0.39, 0.29) is 28.0 Å². The Morgan fingerprint density at radius 1 is 1.03 bits per heavy atom. The zero-order valence-electron chi connectivity index (χ0n) is 19.7. The van der Waals surface area contributed by atoms with Crippen LogP contribution in [0, 0.1) is 0 Å². The molecule has 0 aliphatic carbocycles. The summed E-state index contributed by atoms with van der Waals surface area (Å²) in [6.07, 6.45) is -6.91. The van der Waals surface area contributed by atoms with Crippen molar-refractivity contribution in [2.75, 3.05) is 20.1 Å². The summed E-state index contributed by atoms with van der Waals surface area (Å²) in [5.74, 6) is -1.19. The molecule has 1 amide bonds. The van der Waals surface area contributed by atoms with E-state index < -0.39 is 41.5 Å². The molecule has 0 bridgehead atoms. The SMILES string of the molecule is CN1C[C@H](NC(=O)c2cnc3[nH]nc(-c4ccnc(C(F)(F)F)c4)c3c2)[C@@H](c2ccccc2C(F)(F)F)C1. The van der Waals surface area contributed by atoms with Gasteiger partial charge in [-0.05, 0) is 36.9 Å². The summed E-state index contributed by atoms with van der Waals surface area (Å²) >= 11 is 0. The molecule has 198 valence electrons. The van der Waals surface area contributed by atoms with E-state index in [4.69, 9.17) is 0 Å². The molecule has 5 rings (SSSR count). The number of benzene rings is 1. The Morgan fingerprint density at radius 3 is 2.53 bits per heavy atom. The van der Waals surface area contributed by atoms with Gasteiger partial charge in [-0.3, -0.25) is 14.9 Å². The number of likely N-dealkylation sites (N-methyl/N-ethyl adjacent to an activating group) is 1. The second-order valence-corrected chi connectivity index (χ2v) is 9.11. The average Bonchev–Trinajstić information content (AvgIpc) is 3.45. The molecule has 2 atom stereocenters. The van der Waals surface area contributed by atoms with Crippen molar-refractivity contribution in [3.05, 3.63) is 77.2 Å². The zero-order chi connectivity index (χ0) is 27.2. The average molecular weight is 534 g/mol. The highest BCUT2D eigenvalue weighted by Crippen LogP contribution is 2.38. The third-order valence-electron chi connectivity index (χ3n) is 6.49. The lowest BCUT2D eigenvalue weighted by Crippen LogP contribution is -2.40. The Hall–Kier alpha value is -4.00. The highest BCUT2D eigenvalue weighted by molar-refractivity contribution is 6.00. The van der Waals surface area contributed by atoms with Gasteiger partial charge in [-0.15, -0.1) is 0 Å². The lowest BCUT2D eigenvalue weighted by Gasteiger charge is -2.23. The van der Waals surface area contributed by atoms with E-state index in [0.717, 1.165) is 18.3 Å². The highest BCUT2D eigenvalue weighted by atomic mass is 19.4. The van der Waals surface area contributed by atoms with Crippen molar-refractivity contribution in [2.24, 2.45) is 0 Å². The van der Waals surface area contributed by atoms with Crippen molar-refractivity contribution in [1.29, 1.82) is 0 Å². The van der Waals surface area contributed by atoms with Gasteiger partial charge in [0, 0.05) is 48.4 Å². The number of H-pyrrole nitrogens is 1. The molecular weight excluding hydrogens is 514 g/mol. The third kappa shape index (κ3) is 4.93. The molecule has 1 aromatic carbocycles. The molecule has 0 radical (unpaired) electrons. The monoisotopic (exact) mass is 534 g/mol. The molecule has 3 aromatic heterocycles. The normalized spacial score (nSPS) is 18.7. The number of hydrogen-bond donors (Lipinski definition) is 2. The van der Waals surface area contributed by atoms with Gasteiger partial charge in [0.05, 0.1) is 11.1 Å². The van der Waals surface area contributed by atoms with Crippen molar-refractivity contribution in [1.82, 2.24) is 30.4 Å². The molecule has 7 nitrogen and oxygen atoms in total. The van der Waals surface area contributed by atoms with Gasteiger partial charge < -0.3 is 10.2 Å². The predicted molar refractivity (Wildman–Crippen MR) is 125 cm³/mol. The van der Waals surface area contributed by atoms with E-state index in [1.807, 2.05) is 4.90 Å². The van der Waals surface area contributed by atoms with Crippen molar-refractivity contribution in [3.8, 4) is 11.3 Å². The van der Waals surface area contributed by atoms with Crippen LogP contribution in [0.4, 0.5) is 26.3 Å². The van der Waals surface area contributed by atoms with Gasteiger partial charge in [-0.1, -0.05) is 18.2 Å². The standard InChI is InChI=1S/C25H20F6N6O/c1-37-11-17(15-4-2-3-5-18(15)24(26,27)28)19(12-37)34-23(38)14-8-16-21(35-36-22(16)33-10-14)13-6-7-32-20(9-13)25(29,30)31/h2-10,17,19H,11-12H2,1H3,(H,34,38)(H,33,35,36)/t17-,19+/m1/s1. The number of fused-ring (bicyclic) bond motifs is 1. The first-order valence-corrected chi connectivity index (χ1v) is 11.4. The molecule has 0 spiro atoms. The van der Waals surface area contributed by atoms with Gasteiger partial charge in [0.25, 0.3) is 5.91 Å². The molecule has 13 heteroatoms. The predicted octanol–water partition coefficient (Wildman–Crippen LogP) is 4.89. The summed E-state index contributed by atoms with van der Waals surface area (Å²) in [5, 5.41) is 9.82. The summed E-state index contributed by atoms with van der Waals surface area (Å²) in [6, 6.07) is 8.31. The first-order valence-electron chi connectivity index (χ1n) is 11.4. The van der Waals surface area contributed by atoms with Crippen LogP contribution in [0.1, 0.15) is 33.1 Å². The van der Waals surface area contributed by atoms with Gasteiger partial charge in [0.15, 0.2) is 5.65 Å². The van der Waals surface area contributed by atoms with Gasteiger partial charge >= 0.3 is 12.4 Å². The fourth-order valence-electron chi connectivity index (χ4n) is 4.77. The lowest BCUT2D eigenvalue weighted by molar-refractivity contribution is -0.141. The molecule has 1 fully saturated rings. The number of hydrogen-bond acceptors (Lipinski definition) is 5. The largest absolute Gasteiger partial charge is 0.433 e. The van der Waals surface area contributed by atoms with E-state index in [9.17, 15) is 31.1 Å². The maximum atomic E-state index is 13.7. The number of carbonyl (C=O) groups excluding carboxylic acids is 1. The summed E-state index contributed by atoms with van der Waals surface area (Å²) < 4.78 is 80.4. The van der Waals surface area contributed by atoms with Gasteiger partial charge in [-0.25, -0.2) is 4.98 Å². The molecule has 4 aromatic rings. The Bertz CT molecular complexity index is 1500. The summed E-state index contributed by atoms with van der Waals surface area (Å²) in [6.45, 7) is 0.636. The molecule has 38 heavy (non-hydrogen) atoms. The maximum Gasteiger partial charge on any atom is 0.433 e. The quantitative estimate of drug-likeness (QED) is 0.365.